The predicted octanol–water partition coefficient (Wildman–Crippen LogP) is 0.502. The quantitative estimate of drug-likeness (QED) is 0.428. The van der Waals surface area contributed by atoms with E-state index in [1.165, 1.54) is 0 Å². The number of carbonyl (C=O) groups is 1. The number of hydrogen-bond acceptors (Lipinski definition) is 3. The number of epoxide rings is 1. The molecule has 1 rings (SSSR count). The van der Waals surface area contributed by atoms with Crippen molar-refractivity contribution >= 4 is 5.97 Å². The molecule has 0 aromatic carbocycles. The van der Waals surface area contributed by atoms with Crippen molar-refractivity contribution in [2.75, 3.05) is 13.2 Å². The molecule has 0 aliphatic carbocycles. The zero-order valence-electron chi connectivity index (χ0n) is 6.24. The summed E-state index contributed by atoms with van der Waals surface area (Å²) in [7, 11) is 0. The van der Waals surface area contributed by atoms with Crippen molar-refractivity contribution in [3.05, 3.63) is 12.2 Å². The first kappa shape index (κ1) is 10.9. The molecule has 0 bridgehead atoms. The van der Waals surface area contributed by atoms with E-state index in [0.717, 1.165) is 0 Å². The summed E-state index contributed by atoms with van der Waals surface area (Å²) in [6, 6.07) is 0. The molecule has 0 amide bonds. The molecule has 1 saturated heterocycles. The molecular weight excluding hydrogens is 327 g/mol. The van der Waals surface area contributed by atoms with Gasteiger partial charge >= 0.3 is 5.97 Å². The third-order valence-electron chi connectivity index (χ3n) is 1.15. The van der Waals surface area contributed by atoms with Gasteiger partial charge in [-0.15, -0.1) is 0 Å². The summed E-state index contributed by atoms with van der Waals surface area (Å²) in [5, 5.41) is 0. The van der Waals surface area contributed by atoms with Gasteiger partial charge in [0.05, 0.1) is 6.61 Å². The summed E-state index contributed by atoms with van der Waals surface area (Å²) >= 11 is 0. The summed E-state index contributed by atoms with van der Waals surface area (Å²) in [5.41, 5.74) is 0.431. The van der Waals surface area contributed by atoms with Crippen LogP contribution >= 0.6 is 0 Å². The van der Waals surface area contributed by atoms with Crippen molar-refractivity contribution in [1.29, 1.82) is 0 Å². The van der Waals surface area contributed by atoms with Crippen LogP contribution < -0.4 is 0 Å². The zero-order chi connectivity index (χ0) is 7.56. The Morgan fingerprint density at radius 1 is 1.82 bits per heavy atom. The minimum atomic E-state index is -0.337. The molecule has 0 spiro atoms. The smallest absolute Gasteiger partial charge is 0.333 e. The van der Waals surface area contributed by atoms with Crippen molar-refractivity contribution in [2.24, 2.45) is 0 Å². The largest absolute Gasteiger partial charge is 0.459 e. The van der Waals surface area contributed by atoms with Crippen LogP contribution in [0.3, 0.4) is 0 Å². The van der Waals surface area contributed by atoms with Gasteiger partial charge in [0.15, 0.2) is 0 Å². The van der Waals surface area contributed by atoms with Gasteiger partial charge in [0.1, 0.15) is 12.7 Å². The first-order valence-corrected chi connectivity index (χ1v) is 3.14. The Bertz CT molecular complexity index is 163. The van der Waals surface area contributed by atoms with Crippen LogP contribution in [0.5, 0.6) is 0 Å². The second-order valence-electron chi connectivity index (χ2n) is 2.33. The van der Waals surface area contributed by atoms with Crippen LogP contribution in [0, 0.1) is 0 Å². The van der Waals surface area contributed by atoms with Crippen molar-refractivity contribution in [2.45, 2.75) is 13.0 Å². The fraction of sp³-hybridized carbons (Fsp3) is 0.571. The zero-order valence-corrected chi connectivity index (χ0v) is 8.51. The molecule has 3 nitrogen and oxygen atoms in total. The predicted molar refractivity (Wildman–Crippen MR) is 35.5 cm³/mol. The average Bonchev–Trinajstić information content (AvgIpc) is 2.64. The van der Waals surface area contributed by atoms with Crippen LogP contribution in [0.4, 0.5) is 0 Å². The number of ether oxygens (including phenoxy) is 2. The Kier molecular flexibility index (Phi) is 4.62. The molecule has 1 aliphatic heterocycles. The maximum absolute atomic E-state index is 10.7. The van der Waals surface area contributed by atoms with Gasteiger partial charge in [-0.2, -0.15) is 0 Å². The molecule has 1 unspecified atom stereocenters. The molecule has 0 aromatic heterocycles. The van der Waals surface area contributed by atoms with E-state index < -0.39 is 0 Å². The van der Waals surface area contributed by atoms with Crippen LogP contribution in [0.1, 0.15) is 6.92 Å². The minimum Gasteiger partial charge on any atom is -0.459 e. The van der Waals surface area contributed by atoms with E-state index in [0.29, 0.717) is 18.8 Å². The minimum absolute atomic E-state index is 0. The number of esters is 1. The van der Waals surface area contributed by atoms with Gasteiger partial charge in [0, 0.05) is 26.6 Å². The van der Waals surface area contributed by atoms with Crippen molar-refractivity contribution < 1.29 is 35.3 Å². The third kappa shape index (κ3) is 4.33. The second kappa shape index (κ2) is 4.68. The average molecular weight is 337 g/mol. The van der Waals surface area contributed by atoms with E-state index in [9.17, 15) is 4.79 Å². The molecule has 1 fully saturated rings. The maximum atomic E-state index is 10.7. The summed E-state index contributed by atoms with van der Waals surface area (Å²) in [6.45, 7) is 6.14. The van der Waals surface area contributed by atoms with E-state index in [2.05, 4.69) is 6.58 Å². The first-order valence-electron chi connectivity index (χ1n) is 3.14. The third-order valence-corrected chi connectivity index (χ3v) is 1.15. The van der Waals surface area contributed by atoms with Gasteiger partial charge in [0.2, 0.25) is 0 Å². The summed E-state index contributed by atoms with van der Waals surface area (Å²) in [6.07, 6.45) is 0.142. The van der Waals surface area contributed by atoms with Crippen molar-refractivity contribution in [3.63, 3.8) is 0 Å². The van der Waals surface area contributed by atoms with E-state index in [1.54, 1.807) is 6.92 Å². The van der Waals surface area contributed by atoms with Gasteiger partial charge in [-0.1, -0.05) is 6.58 Å². The van der Waals surface area contributed by atoms with Crippen LogP contribution in [0.2, 0.25) is 0 Å². The van der Waals surface area contributed by atoms with Gasteiger partial charge in [-0.3, -0.25) is 0 Å². The van der Waals surface area contributed by atoms with Gasteiger partial charge < -0.3 is 9.47 Å². The first-order chi connectivity index (χ1) is 4.70. The van der Waals surface area contributed by atoms with Crippen molar-refractivity contribution in [1.82, 2.24) is 0 Å². The molecule has 4 heteroatoms. The molecule has 0 aromatic rings. The van der Waals surface area contributed by atoms with Gasteiger partial charge in [0.25, 0.3) is 0 Å². The SMILES string of the molecule is C=C(C)C(=O)OCC1CO1.[Pt]. The Hall–Kier alpha value is -0.142. The Labute approximate surface area is 80.0 Å². The van der Waals surface area contributed by atoms with E-state index in [-0.39, 0.29) is 33.1 Å². The molecule has 11 heavy (non-hydrogen) atoms. The molecule has 0 radical (unpaired) electrons. The van der Waals surface area contributed by atoms with Crippen LogP contribution in [0.25, 0.3) is 0 Å². The second-order valence-corrected chi connectivity index (χ2v) is 2.33. The topological polar surface area (TPSA) is 38.8 Å². The van der Waals surface area contributed by atoms with E-state index in [1.807, 2.05) is 0 Å². The molecule has 0 saturated carbocycles. The van der Waals surface area contributed by atoms with E-state index >= 15 is 0 Å². The van der Waals surface area contributed by atoms with Crippen LogP contribution in [0.15, 0.2) is 12.2 Å². The summed E-state index contributed by atoms with van der Waals surface area (Å²) in [4.78, 5) is 10.7. The van der Waals surface area contributed by atoms with Gasteiger partial charge in [-0.05, 0) is 6.92 Å². The van der Waals surface area contributed by atoms with Crippen LogP contribution in [-0.4, -0.2) is 25.3 Å². The molecule has 0 N–H and O–H groups in total. The molecule has 1 atom stereocenters. The monoisotopic (exact) mass is 337 g/mol. The summed E-state index contributed by atoms with van der Waals surface area (Å²) < 4.78 is 9.60. The Morgan fingerprint density at radius 3 is 2.73 bits per heavy atom. The fourth-order valence-electron chi connectivity index (χ4n) is 0.456. The molecule has 1 heterocycles. The summed E-state index contributed by atoms with van der Waals surface area (Å²) in [5.74, 6) is -0.337. The number of carbonyl (C=O) groups excluding carboxylic acids is 1. The van der Waals surface area contributed by atoms with E-state index in [4.69, 9.17) is 9.47 Å². The Balaban J connectivity index is 0.000001000. The fourth-order valence-corrected chi connectivity index (χ4v) is 0.456. The number of hydrogen-bond donors (Lipinski definition) is 0. The number of rotatable bonds is 3. The normalized spacial score (nSPS) is 19.9. The van der Waals surface area contributed by atoms with Crippen molar-refractivity contribution in [3.8, 4) is 0 Å². The van der Waals surface area contributed by atoms with Gasteiger partial charge in [-0.25, -0.2) is 4.79 Å². The molecule has 66 valence electrons. The molecule has 1 aliphatic rings. The maximum Gasteiger partial charge on any atom is 0.333 e. The van der Waals surface area contributed by atoms with Crippen LogP contribution in [-0.2, 0) is 35.3 Å². The molecular formula is C7H10O3Pt. The standard InChI is InChI=1S/C7H10O3.Pt/c1-5(2)7(8)10-4-6-3-9-6;/h6H,1,3-4H2,2H3;. The Morgan fingerprint density at radius 2 is 2.36 bits per heavy atom.